The molecule has 1 aliphatic rings. The van der Waals surface area contributed by atoms with E-state index in [9.17, 15) is 26.4 Å². The van der Waals surface area contributed by atoms with Crippen LogP contribution in [0.3, 0.4) is 0 Å². The zero-order valence-electron chi connectivity index (χ0n) is 13.9. The first-order valence-corrected chi connectivity index (χ1v) is 9.73. The molecule has 1 atom stereocenters. The minimum absolute atomic E-state index is 0.153. The molecule has 1 unspecified atom stereocenters. The molecule has 0 spiro atoms. The highest BCUT2D eigenvalue weighted by atomic mass is 32.2. The first-order chi connectivity index (χ1) is 11.7. The van der Waals surface area contributed by atoms with Gasteiger partial charge in [-0.05, 0) is 37.0 Å². The number of hydrogen-bond acceptors (Lipinski definition) is 4. The molecule has 4 nitrogen and oxygen atoms in total. The van der Waals surface area contributed by atoms with Crippen molar-refractivity contribution in [1.29, 1.82) is 0 Å². The van der Waals surface area contributed by atoms with Gasteiger partial charge in [0.2, 0.25) is 0 Å². The third-order valence-electron chi connectivity index (χ3n) is 4.49. The summed E-state index contributed by atoms with van der Waals surface area (Å²) in [6, 6.07) is 4.55. The van der Waals surface area contributed by atoms with Gasteiger partial charge in [0.1, 0.15) is 0 Å². The van der Waals surface area contributed by atoms with Gasteiger partial charge in [0.25, 0.3) is 9.84 Å². The van der Waals surface area contributed by atoms with Crippen LogP contribution in [0.25, 0.3) is 0 Å². The molecule has 1 aromatic carbocycles. The Bertz CT molecular complexity index is 707. The van der Waals surface area contributed by atoms with Crippen LogP contribution in [0.2, 0.25) is 0 Å². The fourth-order valence-electron chi connectivity index (χ4n) is 3.22. The Labute approximate surface area is 145 Å². The number of hydrogen-bond donors (Lipinski definition) is 0. The van der Waals surface area contributed by atoms with Crippen molar-refractivity contribution in [3.8, 4) is 0 Å². The highest BCUT2D eigenvalue weighted by Crippen LogP contribution is 2.37. The zero-order chi connectivity index (χ0) is 18.7. The number of benzene rings is 1. The van der Waals surface area contributed by atoms with E-state index in [0.29, 0.717) is 6.42 Å². The van der Waals surface area contributed by atoms with Crippen molar-refractivity contribution >= 4 is 15.8 Å². The van der Waals surface area contributed by atoms with E-state index in [4.69, 9.17) is 4.74 Å². The summed E-state index contributed by atoms with van der Waals surface area (Å²) < 4.78 is 66.6. The molecule has 1 aliphatic carbocycles. The lowest BCUT2D eigenvalue weighted by atomic mass is 9.88. The van der Waals surface area contributed by atoms with E-state index in [-0.39, 0.29) is 18.1 Å². The maximum atomic E-state index is 12.8. The number of rotatable bonds is 6. The summed E-state index contributed by atoms with van der Waals surface area (Å²) in [7, 11) is -5.45. The summed E-state index contributed by atoms with van der Waals surface area (Å²) >= 11 is 0. The van der Waals surface area contributed by atoms with Crippen molar-refractivity contribution in [1.82, 2.24) is 0 Å². The van der Waals surface area contributed by atoms with Crippen LogP contribution < -0.4 is 0 Å². The molecule has 0 radical (unpaired) electrons. The summed E-state index contributed by atoms with van der Waals surface area (Å²) in [6.45, 7) is 1.80. The van der Waals surface area contributed by atoms with Gasteiger partial charge in [0, 0.05) is 0 Å². The molecule has 140 valence electrons. The Morgan fingerprint density at radius 3 is 2.48 bits per heavy atom. The lowest BCUT2D eigenvalue weighted by Gasteiger charge is -2.20. The normalized spacial score (nSPS) is 17.4. The van der Waals surface area contributed by atoms with Crippen LogP contribution in [0, 0.1) is 5.92 Å². The van der Waals surface area contributed by atoms with Crippen molar-refractivity contribution < 1.29 is 31.1 Å². The molecule has 1 fully saturated rings. The molecule has 1 saturated carbocycles. The molecule has 8 heteroatoms. The third-order valence-corrected chi connectivity index (χ3v) is 5.97. The topological polar surface area (TPSA) is 60.4 Å². The van der Waals surface area contributed by atoms with Gasteiger partial charge in [-0.3, -0.25) is 4.79 Å². The largest absolute Gasteiger partial charge is 0.501 e. The van der Waals surface area contributed by atoms with Crippen LogP contribution >= 0.6 is 0 Å². The summed E-state index contributed by atoms with van der Waals surface area (Å²) in [6.07, 6.45) is 4.48. The highest BCUT2D eigenvalue weighted by Gasteiger charge is 2.47. The van der Waals surface area contributed by atoms with Crippen molar-refractivity contribution in [2.45, 2.75) is 55.3 Å². The number of ether oxygens (including phenoxy) is 1. The molecule has 25 heavy (non-hydrogen) atoms. The average Bonchev–Trinajstić information content (AvgIpc) is 3.05. The number of carbonyl (C=O) groups is 1. The van der Waals surface area contributed by atoms with Gasteiger partial charge in [-0.15, -0.1) is 0 Å². The smallest absolute Gasteiger partial charge is 0.466 e. The third kappa shape index (κ3) is 4.54. The Hall–Kier alpha value is -1.57. The highest BCUT2D eigenvalue weighted by molar-refractivity contribution is 7.92. The summed E-state index contributed by atoms with van der Waals surface area (Å²) in [5.41, 5.74) is -5.13. The Balaban J connectivity index is 2.36. The van der Waals surface area contributed by atoms with Crippen LogP contribution in [-0.4, -0.2) is 26.5 Å². The second-order valence-corrected chi connectivity index (χ2v) is 8.15. The van der Waals surface area contributed by atoms with Crippen LogP contribution in [0.4, 0.5) is 13.2 Å². The predicted molar refractivity (Wildman–Crippen MR) is 85.6 cm³/mol. The van der Waals surface area contributed by atoms with Gasteiger partial charge >= 0.3 is 11.5 Å². The number of esters is 1. The molecule has 0 aromatic heterocycles. The number of alkyl halides is 3. The second kappa shape index (κ2) is 7.76. The van der Waals surface area contributed by atoms with Crippen LogP contribution in [0.5, 0.6) is 0 Å². The summed E-state index contributed by atoms with van der Waals surface area (Å²) in [5.74, 6) is -1.00. The van der Waals surface area contributed by atoms with Crippen molar-refractivity contribution in [2.75, 3.05) is 6.61 Å². The van der Waals surface area contributed by atoms with E-state index in [1.54, 1.807) is 6.92 Å². The monoisotopic (exact) mass is 378 g/mol. The predicted octanol–water partition coefficient (Wildman–Crippen LogP) is 4.21. The minimum Gasteiger partial charge on any atom is -0.466 e. The molecule has 0 bridgehead atoms. The van der Waals surface area contributed by atoms with E-state index >= 15 is 0 Å². The molecule has 2 rings (SSSR count). The SMILES string of the molecule is CCOC(=O)C(CC1CCCC1)c1cccc(S(=O)(=O)C(F)(F)F)c1. The van der Waals surface area contributed by atoms with E-state index < -0.39 is 32.1 Å². The average molecular weight is 378 g/mol. The summed E-state index contributed by atoms with van der Waals surface area (Å²) in [4.78, 5) is 11.4. The number of sulfone groups is 1. The molecule has 0 N–H and O–H groups in total. The van der Waals surface area contributed by atoms with Gasteiger partial charge < -0.3 is 4.74 Å². The maximum absolute atomic E-state index is 12.8. The van der Waals surface area contributed by atoms with Gasteiger partial charge in [0.15, 0.2) is 0 Å². The first-order valence-electron chi connectivity index (χ1n) is 8.24. The van der Waals surface area contributed by atoms with Crippen LogP contribution in [0.1, 0.15) is 50.5 Å². The van der Waals surface area contributed by atoms with Crippen LogP contribution in [0.15, 0.2) is 29.2 Å². The van der Waals surface area contributed by atoms with Gasteiger partial charge in [0.05, 0.1) is 17.4 Å². The van der Waals surface area contributed by atoms with Gasteiger partial charge in [-0.1, -0.05) is 37.8 Å². The molecule has 0 saturated heterocycles. The fourth-order valence-corrected chi connectivity index (χ4v) is 4.04. The van der Waals surface area contributed by atoms with Crippen molar-refractivity contribution in [2.24, 2.45) is 5.92 Å². The van der Waals surface area contributed by atoms with Gasteiger partial charge in [-0.2, -0.15) is 13.2 Å². The second-order valence-electron chi connectivity index (χ2n) is 6.21. The number of halogens is 3. The van der Waals surface area contributed by atoms with E-state index in [2.05, 4.69) is 0 Å². The van der Waals surface area contributed by atoms with E-state index in [1.165, 1.54) is 12.1 Å². The van der Waals surface area contributed by atoms with E-state index in [0.717, 1.165) is 37.8 Å². The molecular weight excluding hydrogens is 357 g/mol. The fraction of sp³-hybridized carbons (Fsp3) is 0.588. The first kappa shape index (κ1) is 19.8. The molecule has 0 aliphatic heterocycles. The van der Waals surface area contributed by atoms with Crippen LogP contribution in [-0.2, 0) is 19.4 Å². The summed E-state index contributed by atoms with van der Waals surface area (Å²) in [5, 5.41) is 0. The molecular formula is C17H21F3O4S. The maximum Gasteiger partial charge on any atom is 0.501 e. The minimum atomic E-state index is -5.45. The lowest BCUT2D eigenvalue weighted by Crippen LogP contribution is -2.24. The van der Waals surface area contributed by atoms with Gasteiger partial charge in [-0.25, -0.2) is 8.42 Å². The zero-order valence-corrected chi connectivity index (χ0v) is 14.7. The molecule has 1 aromatic rings. The Morgan fingerprint density at radius 1 is 1.28 bits per heavy atom. The number of carbonyl (C=O) groups excluding carboxylic acids is 1. The Morgan fingerprint density at radius 2 is 1.92 bits per heavy atom. The Kier molecular flexibility index (Phi) is 6.13. The quantitative estimate of drug-likeness (QED) is 0.696. The molecule has 0 heterocycles. The van der Waals surface area contributed by atoms with Crippen molar-refractivity contribution in [3.63, 3.8) is 0 Å². The van der Waals surface area contributed by atoms with Crippen molar-refractivity contribution in [3.05, 3.63) is 29.8 Å². The standard InChI is InChI=1S/C17H21F3O4S/c1-2-24-16(21)15(10-12-6-3-4-7-12)13-8-5-9-14(11-13)25(22,23)17(18,19)20/h5,8-9,11-12,15H,2-4,6-7,10H2,1H3. The van der Waals surface area contributed by atoms with E-state index in [1.807, 2.05) is 0 Å². The lowest BCUT2D eigenvalue weighted by molar-refractivity contribution is -0.145. The molecule has 0 amide bonds.